The van der Waals surface area contributed by atoms with Crippen molar-refractivity contribution in [2.75, 3.05) is 40.1 Å². The van der Waals surface area contributed by atoms with E-state index in [0.717, 1.165) is 26.2 Å². The van der Waals surface area contributed by atoms with Crippen LogP contribution in [-0.2, 0) is 14.2 Å². The zero-order chi connectivity index (χ0) is 13.1. The number of nitrogens with one attached hydrogen (secondary N) is 1. The van der Waals surface area contributed by atoms with Gasteiger partial charge in [-0.25, -0.2) is 0 Å². The maximum absolute atomic E-state index is 5.94. The standard InChI is InChI=1S/C14H29NO3/c1-3-15-13-7-4-5-8-14(13)18-12-11-17-10-6-9-16-2/h13-15H,3-12H2,1-2H3. The third-order valence-electron chi connectivity index (χ3n) is 3.37. The molecule has 2 atom stereocenters. The summed E-state index contributed by atoms with van der Waals surface area (Å²) in [4.78, 5) is 0. The molecule has 18 heavy (non-hydrogen) atoms. The third kappa shape index (κ3) is 6.69. The summed E-state index contributed by atoms with van der Waals surface area (Å²) in [5.74, 6) is 0. The Labute approximate surface area is 111 Å². The van der Waals surface area contributed by atoms with Gasteiger partial charge in [0.05, 0.1) is 19.3 Å². The topological polar surface area (TPSA) is 39.7 Å². The lowest BCUT2D eigenvalue weighted by molar-refractivity contribution is -0.0269. The second kappa shape index (κ2) is 10.7. The lowest BCUT2D eigenvalue weighted by atomic mass is 9.92. The first kappa shape index (κ1) is 15.9. The smallest absolute Gasteiger partial charge is 0.0729 e. The number of rotatable bonds is 10. The first-order chi connectivity index (χ1) is 8.88. The molecule has 0 heterocycles. The number of hydrogen-bond donors (Lipinski definition) is 1. The molecule has 0 amide bonds. The van der Waals surface area contributed by atoms with E-state index in [1.54, 1.807) is 7.11 Å². The molecule has 108 valence electrons. The fourth-order valence-corrected chi connectivity index (χ4v) is 2.46. The summed E-state index contributed by atoms with van der Waals surface area (Å²) in [6.07, 6.45) is 6.38. The number of ether oxygens (including phenoxy) is 3. The maximum atomic E-state index is 5.94. The molecule has 2 unspecified atom stereocenters. The van der Waals surface area contributed by atoms with E-state index in [1.807, 2.05) is 0 Å². The average Bonchev–Trinajstić information content (AvgIpc) is 2.40. The van der Waals surface area contributed by atoms with Gasteiger partial charge in [-0.15, -0.1) is 0 Å². The first-order valence-corrected chi connectivity index (χ1v) is 7.30. The molecule has 1 rings (SSSR count). The average molecular weight is 259 g/mol. The van der Waals surface area contributed by atoms with E-state index in [4.69, 9.17) is 14.2 Å². The van der Waals surface area contributed by atoms with E-state index >= 15 is 0 Å². The highest BCUT2D eigenvalue weighted by atomic mass is 16.5. The largest absolute Gasteiger partial charge is 0.385 e. The second-order valence-corrected chi connectivity index (χ2v) is 4.82. The lowest BCUT2D eigenvalue weighted by Gasteiger charge is -2.32. The summed E-state index contributed by atoms with van der Waals surface area (Å²) in [5.41, 5.74) is 0. The summed E-state index contributed by atoms with van der Waals surface area (Å²) in [5, 5.41) is 3.52. The van der Waals surface area contributed by atoms with Crippen LogP contribution in [0.1, 0.15) is 39.0 Å². The zero-order valence-electron chi connectivity index (χ0n) is 12.0. The molecule has 0 aromatic heterocycles. The van der Waals surface area contributed by atoms with Crippen molar-refractivity contribution in [3.05, 3.63) is 0 Å². The Morgan fingerprint density at radius 3 is 2.67 bits per heavy atom. The van der Waals surface area contributed by atoms with Crippen molar-refractivity contribution in [1.29, 1.82) is 0 Å². The Morgan fingerprint density at radius 2 is 1.89 bits per heavy atom. The number of methoxy groups -OCH3 is 1. The van der Waals surface area contributed by atoms with Crippen molar-refractivity contribution in [1.82, 2.24) is 5.32 Å². The van der Waals surface area contributed by atoms with Crippen molar-refractivity contribution < 1.29 is 14.2 Å². The van der Waals surface area contributed by atoms with Gasteiger partial charge in [-0.3, -0.25) is 0 Å². The van der Waals surface area contributed by atoms with Crippen LogP contribution in [0.15, 0.2) is 0 Å². The summed E-state index contributed by atoms with van der Waals surface area (Å²) in [6, 6.07) is 0.539. The van der Waals surface area contributed by atoms with Gasteiger partial charge in [0.1, 0.15) is 0 Å². The third-order valence-corrected chi connectivity index (χ3v) is 3.37. The van der Waals surface area contributed by atoms with Crippen LogP contribution in [0.2, 0.25) is 0 Å². The minimum atomic E-state index is 0.376. The Bertz CT molecular complexity index is 188. The van der Waals surface area contributed by atoms with Gasteiger partial charge >= 0.3 is 0 Å². The Kier molecular flexibility index (Phi) is 9.48. The zero-order valence-corrected chi connectivity index (χ0v) is 12.0. The molecule has 0 bridgehead atoms. The molecular formula is C14H29NO3. The Balaban J connectivity index is 2.02. The fraction of sp³-hybridized carbons (Fsp3) is 1.00. The van der Waals surface area contributed by atoms with Crippen LogP contribution in [0.4, 0.5) is 0 Å². The quantitative estimate of drug-likeness (QED) is 0.609. The van der Waals surface area contributed by atoms with E-state index in [1.165, 1.54) is 25.7 Å². The minimum Gasteiger partial charge on any atom is -0.385 e. The molecule has 1 fully saturated rings. The van der Waals surface area contributed by atoms with Crippen LogP contribution >= 0.6 is 0 Å². The highest BCUT2D eigenvalue weighted by molar-refractivity contribution is 4.81. The molecule has 0 aromatic rings. The normalized spacial score (nSPS) is 24.3. The molecule has 4 heteroatoms. The SMILES string of the molecule is CCNC1CCCCC1OCCOCCCOC. The van der Waals surface area contributed by atoms with Crippen molar-refractivity contribution >= 4 is 0 Å². The molecule has 0 aliphatic heterocycles. The predicted octanol–water partition coefficient (Wildman–Crippen LogP) is 1.98. The van der Waals surface area contributed by atoms with Crippen LogP contribution < -0.4 is 5.32 Å². The van der Waals surface area contributed by atoms with Crippen molar-refractivity contribution in [3.8, 4) is 0 Å². The van der Waals surface area contributed by atoms with Crippen LogP contribution in [-0.4, -0.2) is 52.2 Å². The molecule has 1 saturated carbocycles. The van der Waals surface area contributed by atoms with Crippen LogP contribution in [0, 0.1) is 0 Å². The van der Waals surface area contributed by atoms with Gasteiger partial charge in [0.2, 0.25) is 0 Å². The van der Waals surface area contributed by atoms with Crippen molar-refractivity contribution in [3.63, 3.8) is 0 Å². The fourth-order valence-electron chi connectivity index (χ4n) is 2.46. The molecule has 4 nitrogen and oxygen atoms in total. The van der Waals surface area contributed by atoms with Gasteiger partial charge < -0.3 is 19.5 Å². The van der Waals surface area contributed by atoms with Crippen LogP contribution in [0.25, 0.3) is 0 Å². The van der Waals surface area contributed by atoms with E-state index < -0.39 is 0 Å². The van der Waals surface area contributed by atoms with Crippen LogP contribution in [0.3, 0.4) is 0 Å². The second-order valence-electron chi connectivity index (χ2n) is 4.82. The predicted molar refractivity (Wildman–Crippen MR) is 73.0 cm³/mol. The summed E-state index contributed by atoms with van der Waals surface area (Å²) in [6.45, 7) is 6.12. The lowest BCUT2D eigenvalue weighted by Crippen LogP contribution is -2.43. The molecule has 0 aromatic carbocycles. The van der Waals surface area contributed by atoms with Crippen molar-refractivity contribution in [2.45, 2.75) is 51.2 Å². The molecule has 1 aliphatic carbocycles. The molecule has 0 spiro atoms. The summed E-state index contributed by atoms with van der Waals surface area (Å²) < 4.78 is 16.4. The van der Waals surface area contributed by atoms with E-state index in [-0.39, 0.29) is 0 Å². The first-order valence-electron chi connectivity index (χ1n) is 7.30. The Hall–Kier alpha value is -0.160. The van der Waals surface area contributed by atoms with Gasteiger partial charge in [-0.2, -0.15) is 0 Å². The summed E-state index contributed by atoms with van der Waals surface area (Å²) in [7, 11) is 1.72. The van der Waals surface area contributed by atoms with E-state index in [2.05, 4.69) is 12.2 Å². The number of likely N-dealkylation sites (N-methyl/N-ethyl adjacent to an activating group) is 1. The van der Waals surface area contributed by atoms with E-state index in [0.29, 0.717) is 25.4 Å². The van der Waals surface area contributed by atoms with E-state index in [9.17, 15) is 0 Å². The highest BCUT2D eigenvalue weighted by Crippen LogP contribution is 2.21. The minimum absolute atomic E-state index is 0.376. The maximum Gasteiger partial charge on any atom is 0.0729 e. The molecule has 0 saturated heterocycles. The summed E-state index contributed by atoms with van der Waals surface area (Å²) >= 11 is 0. The highest BCUT2D eigenvalue weighted by Gasteiger charge is 2.24. The van der Waals surface area contributed by atoms with Crippen LogP contribution in [0.5, 0.6) is 0 Å². The molecule has 1 aliphatic rings. The van der Waals surface area contributed by atoms with Crippen molar-refractivity contribution in [2.24, 2.45) is 0 Å². The molecule has 0 radical (unpaired) electrons. The molecule has 1 N–H and O–H groups in total. The monoisotopic (exact) mass is 259 g/mol. The van der Waals surface area contributed by atoms with Gasteiger partial charge in [0.15, 0.2) is 0 Å². The molecular weight excluding hydrogens is 230 g/mol. The van der Waals surface area contributed by atoms with Gasteiger partial charge in [-0.1, -0.05) is 19.8 Å². The Morgan fingerprint density at radius 1 is 1.06 bits per heavy atom. The number of hydrogen-bond acceptors (Lipinski definition) is 4. The van der Waals surface area contributed by atoms with Gasteiger partial charge in [-0.05, 0) is 25.8 Å². The van der Waals surface area contributed by atoms with Gasteiger partial charge in [0, 0.05) is 26.4 Å². The van der Waals surface area contributed by atoms with Gasteiger partial charge in [0.25, 0.3) is 0 Å².